The fraction of sp³-hybridized carbons (Fsp3) is 0.769. The second kappa shape index (κ2) is 9.17. The van der Waals surface area contributed by atoms with Gasteiger partial charge in [0.15, 0.2) is 0 Å². The van der Waals surface area contributed by atoms with Crippen molar-refractivity contribution >= 4 is 17.9 Å². The van der Waals surface area contributed by atoms with Crippen molar-refractivity contribution in [3.05, 3.63) is 0 Å². The lowest BCUT2D eigenvalue weighted by Gasteiger charge is -2.19. The second-order valence-electron chi connectivity index (χ2n) is 5.44. The van der Waals surface area contributed by atoms with Gasteiger partial charge in [0.25, 0.3) is 0 Å². The molecular weight excluding hydrogens is 262 g/mol. The van der Waals surface area contributed by atoms with Gasteiger partial charge in [-0.15, -0.1) is 0 Å². The van der Waals surface area contributed by atoms with Crippen LogP contribution in [0.2, 0.25) is 0 Å². The molecule has 0 radical (unpaired) electrons. The minimum absolute atomic E-state index is 0.00112. The molecule has 3 N–H and O–H groups in total. The quantitative estimate of drug-likeness (QED) is 0.605. The van der Waals surface area contributed by atoms with Gasteiger partial charge in [-0.05, 0) is 11.8 Å². The molecule has 7 nitrogen and oxygen atoms in total. The van der Waals surface area contributed by atoms with Crippen LogP contribution in [0.5, 0.6) is 0 Å². The number of hydrogen-bond donors (Lipinski definition) is 3. The Kier molecular flexibility index (Phi) is 8.35. The Labute approximate surface area is 119 Å². The van der Waals surface area contributed by atoms with E-state index < -0.39 is 5.97 Å². The Morgan fingerprint density at radius 2 is 1.70 bits per heavy atom. The molecule has 116 valence electrons. The number of carbonyl (C=O) groups excluding carboxylic acids is 2. The molecule has 0 rings (SSSR count). The van der Waals surface area contributed by atoms with E-state index >= 15 is 0 Å². The number of nitrogens with one attached hydrogen (secondary N) is 2. The summed E-state index contributed by atoms with van der Waals surface area (Å²) in [6, 6.07) is -0.387. The van der Waals surface area contributed by atoms with Crippen molar-refractivity contribution in [2.45, 2.75) is 27.2 Å². The fourth-order valence-corrected chi connectivity index (χ4v) is 1.43. The van der Waals surface area contributed by atoms with E-state index in [9.17, 15) is 14.4 Å². The zero-order valence-electron chi connectivity index (χ0n) is 12.6. The van der Waals surface area contributed by atoms with Crippen LogP contribution in [0.15, 0.2) is 0 Å². The number of hydrogen-bond acceptors (Lipinski definition) is 3. The number of aliphatic carboxylic acids is 1. The van der Waals surface area contributed by atoms with Gasteiger partial charge in [-0.2, -0.15) is 0 Å². The number of carboxylic acid groups (broad SMARTS) is 1. The SMILES string of the molecule is CC(C)CNC(=O)CN(C)C(=O)NCC(C)CC(=O)O. The van der Waals surface area contributed by atoms with Gasteiger partial charge in [-0.1, -0.05) is 20.8 Å². The van der Waals surface area contributed by atoms with Crippen molar-refractivity contribution in [2.75, 3.05) is 26.7 Å². The Balaban J connectivity index is 3.97. The number of carboxylic acids is 1. The van der Waals surface area contributed by atoms with Crippen LogP contribution in [0.1, 0.15) is 27.2 Å². The van der Waals surface area contributed by atoms with E-state index in [0.29, 0.717) is 12.5 Å². The average Bonchev–Trinajstić information content (AvgIpc) is 2.32. The molecule has 0 fully saturated rings. The first-order valence-electron chi connectivity index (χ1n) is 6.69. The topological polar surface area (TPSA) is 98.7 Å². The number of nitrogens with zero attached hydrogens (tertiary/aromatic N) is 1. The molecule has 0 aliphatic heterocycles. The Hall–Kier alpha value is -1.79. The van der Waals surface area contributed by atoms with Crippen molar-refractivity contribution in [3.8, 4) is 0 Å². The zero-order valence-corrected chi connectivity index (χ0v) is 12.6. The number of urea groups is 1. The molecule has 20 heavy (non-hydrogen) atoms. The summed E-state index contributed by atoms with van der Waals surface area (Å²) in [7, 11) is 1.52. The minimum Gasteiger partial charge on any atom is -0.481 e. The lowest BCUT2D eigenvalue weighted by Crippen LogP contribution is -2.44. The molecule has 1 unspecified atom stereocenters. The van der Waals surface area contributed by atoms with E-state index in [1.54, 1.807) is 6.92 Å². The molecule has 0 aliphatic carbocycles. The van der Waals surface area contributed by atoms with Crippen LogP contribution in [0.25, 0.3) is 0 Å². The summed E-state index contributed by atoms with van der Waals surface area (Å²) < 4.78 is 0. The van der Waals surface area contributed by atoms with Gasteiger partial charge in [0.2, 0.25) is 5.91 Å². The molecule has 7 heteroatoms. The van der Waals surface area contributed by atoms with Crippen LogP contribution in [-0.2, 0) is 9.59 Å². The van der Waals surface area contributed by atoms with Crippen LogP contribution >= 0.6 is 0 Å². The van der Waals surface area contributed by atoms with Gasteiger partial charge in [-0.3, -0.25) is 9.59 Å². The average molecular weight is 287 g/mol. The highest BCUT2D eigenvalue weighted by molar-refractivity contribution is 5.83. The summed E-state index contributed by atoms with van der Waals surface area (Å²) in [5.41, 5.74) is 0. The summed E-state index contributed by atoms with van der Waals surface area (Å²) in [5, 5.41) is 13.9. The van der Waals surface area contributed by atoms with Crippen molar-refractivity contribution in [1.82, 2.24) is 15.5 Å². The molecule has 0 saturated heterocycles. The summed E-state index contributed by atoms with van der Waals surface area (Å²) in [6.07, 6.45) is -0.00112. The molecule has 0 aromatic heterocycles. The third kappa shape index (κ3) is 9.18. The molecule has 0 heterocycles. The van der Waals surface area contributed by atoms with Crippen molar-refractivity contribution in [3.63, 3.8) is 0 Å². The van der Waals surface area contributed by atoms with Crippen LogP contribution in [0.4, 0.5) is 4.79 Å². The lowest BCUT2D eigenvalue weighted by atomic mass is 10.1. The van der Waals surface area contributed by atoms with Crippen LogP contribution in [0, 0.1) is 11.8 Å². The summed E-state index contributed by atoms with van der Waals surface area (Å²) in [5.74, 6) is -0.905. The summed E-state index contributed by atoms with van der Waals surface area (Å²) >= 11 is 0. The number of carbonyl (C=O) groups is 3. The number of likely N-dealkylation sites (N-methyl/N-ethyl adjacent to an activating group) is 1. The van der Waals surface area contributed by atoms with Gasteiger partial charge in [0, 0.05) is 26.6 Å². The first kappa shape index (κ1) is 18.2. The van der Waals surface area contributed by atoms with Crippen LogP contribution in [-0.4, -0.2) is 54.6 Å². The van der Waals surface area contributed by atoms with Crippen LogP contribution in [0.3, 0.4) is 0 Å². The van der Waals surface area contributed by atoms with Gasteiger partial charge in [-0.25, -0.2) is 4.79 Å². The number of amides is 3. The van der Waals surface area contributed by atoms with E-state index in [4.69, 9.17) is 5.11 Å². The zero-order chi connectivity index (χ0) is 15.7. The molecule has 0 saturated carbocycles. The Bertz CT molecular complexity index is 345. The maximum Gasteiger partial charge on any atom is 0.317 e. The summed E-state index contributed by atoms with van der Waals surface area (Å²) in [6.45, 7) is 6.53. The van der Waals surface area contributed by atoms with E-state index in [-0.39, 0.29) is 37.4 Å². The van der Waals surface area contributed by atoms with Crippen molar-refractivity contribution in [2.24, 2.45) is 11.8 Å². The van der Waals surface area contributed by atoms with E-state index in [2.05, 4.69) is 10.6 Å². The lowest BCUT2D eigenvalue weighted by molar-refractivity contribution is -0.137. The standard InChI is InChI=1S/C13H25N3O4/c1-9(2)6-14-11(17)8-16(4)13(20)15-7-10(3)5-12(18)19/h9-10H,5-8H2,1-4H3,(H,14,17)(H,15,20)(H,18,19). The predicted octanol–water partition coefficient (Wildman–Crippen LogP) is 0.511. The molecule has 0 spiro atoms. The van der Waals surface area contributed by atoms with Crippen molar-refractivity contribution in [1.29, 1.82) is 0 Å². The monoisotopic (exact) mass is 287 g/mol. The molecule has 0 aromatic rings. The van der Waals surface area contributed by atoms with Crippen LogP contribution < -0.4 is 10.6 Å². The van der Waals surface area contributed by atoms with Gasteiger partial charge >= 0.3 is 12.0 Å². The van der Waals surface area contributed by atoms with E-state index in [1.165, 1.54) is 11.9 Å². The fourth-order valence-electron chi connectivity index (χ4n) is 1.43. The molecule has 3 amide bonds. The first-order chi connectivity index (χ1) is 9.22. The van der Waals surface area contributed by atoms with Crippen molar-refractivity contribution < 1.29 is 19.5 Å². The Morgan fingerprint density at radius 3 is 2.20 bits per heavy atom. The highest BCUT2D eigenvalue weighted by Crippen LogP contribution is 1.99. The third-order valence-corrected chi connectivity index (χ3v) is 2.56. The van der Waals surface area contributed by atoms with Gasteiger partial charge in [0.1, 0.15) is 6.54 Å². The molecule has 1 atom stereocenters. The van der Waals surface area contributed by atoms with Gasteiger partial charge in [0.05, 0.1) is 0 Å². The highest BCUT2D eigenvalue weighted by atomic mass is 16.4. The minimum atomic E-state index is -0.895. The molecular formula is C13H25N3O4. The number of rotatable bonds is 8. The normalized spacial score (nSPS) is 11.8. The maximum atomic E-state index is 11.7. The predicted molar refractivity (Wildman–Crippen MR) is 75.3 cm³/mol. The molecule has 0 bridgehead atoms. The summed E-state index contributed by atoms with van der Waals surface area (Å²) in [4.78, 5) is 35.0. The molecule has 0 aliphatic rings. The third-order valence-electron chi connectivity index (χ3n) is 2.56. The molecule has 0 aromatic carbocycles. The van der Waals surface area contributed by atoms with Gasteiger partial charge < -0.3 is 20.6 Å². The van der Waals surface area contributed by atoms with E-state index in [0.717, 1.165) is 0 Å². The maximum absolute atomic E-state index is 11.7. The van der Waals surface area contributed by atoms with E-state index in [1.807, 2.05) is 13.8 Å². The second-order valence-corrected chi connectivity index (χ2v) is 5.44. The largest absolute Gasteiger partial charge is 0.481 e. The first-order valence-corrected chi connectivity index (χ1v) is 6.69. The Morgan fingerprint density at radius 1 is 1.10 bits per heavy atom. The highest BCUT2D eigenvalue weighted by Gasteiger charge is 2.14. The smallest absolute Gasteiger partial charge is 0.317 e.